The van der Waals surface area contributed by atoms with Crippen LogP contribution in [-0.2, 0) is 17.5 Å². The average molecular weight is 233 g/mol. The lowest BCUT2D eigenvalue weighted by Crippen LogP contribution is -2.08. The molecule has 16 heavy (non-hydrogen) atoms. The Balaban J connectivity index is 2.52. The van der Waals surface area contributed by atoms with E-state index in [1.165, 1.54) is 12.3 Å². The van der Waals surface area contributed by atoms with Crippen molar-refractivity contribution in [3.63, 3.8) is 0 Å². The van der Waals surface area contributed by atoms with Gasteiger partial charge in [-0.3, -0.25) is 4.98 Å². The molecule has 2 nitrogen and oxygen atoms in total. The third kappa shape index (κ3) is 4.18. The molecule has 0 fully saturated rings. The highest BCUT2D eigenvalue weighted by atomic mass is 19.4. The summed E-state index contributed by atoms with van der Waals surface area (Å²) in [7, 11) is 0. The summed E-state index contributed by atoms with van der Waals surface area (Å²) in [5.41, 5.74) is -0.228. The van der Waals surface area contributed by atoms with E-state index in [1.807, 2.05) is 13.8 Å². The summed E-state index contributed by atoms with van der Waals surface area (Å²) in [5.74, 6) is 0.405. The lowest BCUT2D eigenvalue weighted by Gasteiger charge is -2.08. The third-order valence-electron chi connectivity index (χ3n) is 1.84. The van der Waals surface area contributed by atoms with E-state index in [-0.39, 0.29) is 0 Å². The van der Waals surface area contributed by atoms with Gasteiger partial charge in [-0.2, -0.15) is 13.2 Å². The number of hydrogen-bond donors (Lipinski definition) is 0. The Kier molecular flexibility index (Phi) is 4.29. The topological polar surface area (TPSA) is 22.1 Å². The van der Waals surface area contributed by atoms with Crippen LogP contribution in [0.5, 0.6) is 0 Å². The Morgan fingerprint density at radius 1 is 1.31 bits per heavy atom. The Morgan fingerprint density at radius 2 is 2.00 bits per heavy atom. The van der Waals surface area contributed by atoms with Crippen LogP contribution < -0.4 is 0 Å². The number of nitrogens with zero attached hydrogens (tertiary/aromatic N) is 1. The van der Waals surface area contributed by atoms with Crippen molar-refractivity contribution in [3.05, 3.63) is 29.6 Å². The Hall–Kier alpha value is -1.10. The molecule has 0 aliphatic heterocycles. The first-order valence-corrected chi connectivity index (χ1v) is 4.99. The van der Waals surface area contributed by atoms with Gasteiger partial charge >= 0.3 is 6.18 Å². The number of aromatic nitrogens is 1. The van der Waals surface area contributed by atoms with Crippen LogP contribution in [-0.4, -0.2) is 11.6 Å². The first-order valence-electron chi connectivity index (χ1n) is 4.99. The maximum absolute atomic E-state index is 12.2. The van der Waals surface area contributed by atoms with Gasteiger partial charge in [0, 0.05) is 12.8 Å². The minimum Gasteiger partial charge on any atom is -0.376 e. The van der Waals surface area contributed by atoms with Gasteiger partial charge in [-0.25, -0.2) is 0 Å². The summed E-state index contributed by atoms with van der Waals surface area (Å²) in [6.45, 7) is 4.89. The van der Waals surface area contributed by atoms with E-state index >= 15 is 0 Å². The highest BCUT2D eigenvalue weighted by Crippen LogP contribution is 2.27. The second-order valence-corrected chi connectivity index (χ2v) is 3.96. The molecule has 1 aromatic rings. The molecule has 0 aromatic carbocycles. The Labute approximate surface area is 92.5 Å². The molecule has 0 atom stereocenters. The lowest BCUT2D eigenvalue weighted by molar-refractivity contribution is -0.141. The SMILES string of the molecule is CC(C)COCc1ccc(C(F)(F)F)nc1. The highest BCUT2D eigenvalue weighted by molar-refractivity contribution is 5.15. The van der Waals surface area contributed by atoms with Crippen LogP contribution in [0.25, 0.3) is 0 Å². The molecule has 0 N–H and O–H groups in total. The number of ether oxygens (including phenoxy) is 1. The van der Waals surface area contributed by atoms with Gasteiger partial charge in [-0.1, -0.05) is 19.9 Å². The zero-order valence-corrected chi connectivity index (χ0v) is 9.21. The van der Waals surface area contributed by atoms with Crippen LogP contribution in [0, 0.1) is 5.92 Å². The molecular weight excluding hydrogens is 219 g/mol. The molecular formula is C11H14F3NO. The second-order valence-electron chi connectivity index (χ2n) is 3.96. The van der Waals surface area contributed by atoms with Gasteiger partial charge in [0.25, 0.3) is 0 Å². The van der Waals surface area contributed by atoms with E-state index in [0.29, 0.717) is 24.7 Å². The summed E-state index contributed by atoms with van der Waals surface area (Å²) in [6.07, 6.45) is -3.18. The van der Waals surface area contributed by atoms with Crippen molar-refractivity contribution in [1.29, 1.82) is 0 Å². The van der Waals surface area contributed by atoms with Crippen molar-refractivity contribution in [3.8, 4) is 0 Å². The zero-order valence-electron chi connectivity index (χ0n) is 9.21. The van der Waals surface area contributed by atoms with Gasteiger partial charge < -0.3 is 4.74 Å². The van der Waals surface area contributed by atoms with Gasteiger partial charge in [-0.15, -0.1) is 0 Å². The minimum atomic E-state index is -4.38. The first kappa shape index (κ1) is 13.0. The molecule has 0 saturated heterocycles. The maximum atomic E-state index is 12.2. The molecule has 0 spiro atoms. The third-order valence-corrected chi connectivity index (χ3v) is 1.84. The number of pyridine rings is 1. The quantitative estimate of drug-likeness (QED) is 0.796. The Morgan fingerprint density at radius 3 is 2.44 bits per heavy atom. The van der Waals surface area contributed by atoms with Crippen molar-refractivity contribution in [2.45, 2.75) is 26.6 Å². The van der Waals surface area contributed by atoms with Crippen molar-refractivity contribution < 1.29 is 17.9 Å². The van der Waals surface area contributed by atoms with Crippen LogP contribution >= 0.6 is 0 Å². The smallest absolute Gasteiger partial charge is 0.376 e. The number of halogens is 3. The number of rotatable bonds is 4. The predicted molar refractivity (Wildman–Crippen MR) is 53.7 cm³/mol. The van der Waals surface area contributed by atoms with Crippen molar-refractivity contribution in [2.75, 3.05) is 6.61 Å². The molecule has 1 aromatic heterocycles. The van der Waals surface area contributed by atoms with Gasteiger partial charge in [0.2, 0.25) is 0 Å². The lowest BCUT2D eigenvalue weighted by atomic mass is 10.2. The summed E-state index contributed by atoms with van der Waals surface area (Å²) in [5, 5.41) is 0. The molecule has 0 bridgehead atoms. The van der Waals surface area contributed by atoms with E-state index < -0.39 is 11.9 Å². The minimum absolute atomic E-state index is 0.295. The standard InChI is InChI=1S/C11H14F3NO/c1-8(2)6-16-7-9-3-4-10(15-5-9)11(12,13)14/h3-5,8H,6-7H2,1-2H3. The average Bonchev–Trinajstić information content (AvgIpc) is 2.16. The number of hydrogen-bond acceptors (Lipinski definition) is 2. The molecule has 90 valence electrons. The predicted octanol–water partition coefficient (Wildman–Crippen LogP) is 3.27. The van der Waals surface area contributed by atoms with E-state index in [2.05, 4.69) is 4.98 Å². The molecule has 1 rings (SSSR count). The fraction of sp³-hybridized carbons (Fsp3) is 0.545. The molecule has 5 heteroatoms. The van der Waals surface area contributed by atoms with Crippen molar-refractivity contribution in [2.24, 2.45) is 5.92 Å². The molecule has 0 radical (unpaired) electrons. The maximum Gasteiger partial charge on any atom is 0.433 e. The zero-order chi connectivity index (χ0) is 12.2. The first-order chi connectivity index (χ1) is 7.39. The van der Waals surface area contributed by atoms with Gasteiger partial charge in [0.15, 0.2) is 0 Å². The second kappa shape index (κ2) is 5.30. The van der Waals surface area contributed by atoms with Gasteiger partial charge in [0.1, 0.15) is 5.69 Å². The van der Waals surface area contributed by atoms with E-state index in [0.717, 1.165) is 6.07 Å². The molecule has 0 aliphatic carbocycles. The summed E-state index contributed by atoms with van der Waals surface area (Å²) < 4.78 is 41.8. The van der Waals surface area contributed by atoms with E-state index in [4.69, 9.17) is 4.74 Å². The number of alkyl halides is 3. The fourth-order valence-corrected chi connectivity index (χ4v) is 1.09. The molecule has 1 heterocycles. The Bertz CT molecular complexity index is 319. The summed E-state index contributed by atoms with van der Waals surface area (Å²) in [6, 6.07) is 2.35. The van der Waals surface area contributed by atoms with Crippen LogP contribution in [0.4, 0.5) is 13.2 Å². The van der Waals surface area contributed by atoms with Crippen molar-refractivity contribution in [1.82, 2.24) is 4.98 Å². The van der Waals surface area contributed by atoms with Crippen LogP contribution in [0.2, 0.25) is 0 Å². The van der Waals surface area contributed by atoms with E-state index in [1.54, 1.807) is 0 Å². The largest absolute Gasteiger partial charge is 0.433 e. The van der Waals surface area contributed by atoms with Crippen molar-refractivity contribution >= 4 is 0 Å². The molecule has 0 aliphatic rings. The summed E-state index contributed by atoms with van der Waals surface area (Å²) >= 11 is 0. The van der Waals surface area contributed by atoms with Crippen LogP contribution in [0.1, 0.15) is 25.1 Å². The summed E-state index contributed by atoms with van der Waals surface area (Å²) in [4.78, 5) is 3.34. The van der Waals surface area contributed by atoms with Crippen LogP contribution in [0.3, 0.4) is 0 Å². The van der Waals surface area contributed by atoms with Crippen LogP contribution in [0.15, 0.2) is 18.3 Å². The molecule has 0 unspecified atom stereocenters. The monoisotopic (exact) mass is 233 g/mol. The van der Waals surface area contributed by atoms with Gasteiger partial charge in [-0.05, 0) is 17.5 Å². The normalized spacial score (nSPS) is 12.1. The highest BCUT2D eigenvalue weighted by Gasteiger charge is 2.31. The van der Waals surface area contributed by atoms with E-state index in [9.17, 15) is 13.2 Å². The van der Waals surface area contributed by atoms with Gasteiger partial charge in [0.05, 0.1) is 6.61 Å². The molecule has 0 amide bonds. The molecule has 0 saturated carbocycles. The fourth-order valence-electron chi connectivity index (χ4n) is 1.09.